The Morgan fingerprint density at radius 3 is 1.76 bits per heavy atom. The number of aromatic hydroxyl groups is 1. The number of nitrogens with one attached hydrogen (secondary N) is 1. The topological polar surface area (TPSA) is 86.6 Å². The first-order chi connectivity index (χ1) is 14.1. The molecule has 0 bridgehead atoms. The number of hydrogen-bond donors (Lipinski definition) is 3. The van der Waals surface area contributed by atoms with Crippen molar-refractivity contribution in [3.8, 4) is 5.75 Å². The van der Waals surface area contributed by atoms with Gasteiger partial charge in [0, 0.05) is 6.42 Å². The Morgan fingerprint density at radius 2 is 1.28 bits per heavy atom. The first-order valence-corrected chi connectivity index (χ1v) is 11.4. The largest absolute Gasteiger partial charge is 0.507 e. The van der Waals surface area contributed by atoms with Gasteiger partial charge in [-0.3, -0.25) is 4.79 Å². The molecule has 1 amide bonds. The Hall–Kier alpha value is -2.04. The lowest BCUT2D eigenvalue weighted by Crippen LogP contribution is -2.14. The molecule has 5 nitrogen and oxygen atoms in total. The Morgan fingerprint density at radius 1 is 0.793 bits per heavy atom. The molecule has 1 aromatic rings. The molecule has 0 spiro atoms. The van der Waals surface area contributed by atoms with E-state index in [0.29, 0.717) is 6.42 Å². The first kappa shape index (κ1) is 25.0. The van der Waals surface area contributed by atoms with Crippen molar-refractivity contribution >= 4 is 17.6 Å². The maximum atomic E-state index is 12.0. The molecule has 164 valence electrons. The summed E-state index contributed by atoms with van der Waals surface area (Å²) in [4.78, 5) is 23.2. The normalized spacial score (nSPS) is 10.8. The van der Waals surface area contributed by atoms with Crippen LogP contribution in [-0.4, -0.2) is 22.1 Å². The molecular formula is C24H39NO4. The van der Waals surface area contributed by atoms with Crippen LogP contribution in [0.2, 0.25) is 0 Å². The zero-order chi connectivity index (χ0) is 21.3. The van der Waals surface area contributed by atoms with Gasteiger partial charge >= 0.3 is 5.97 Å². The minimum absolute atomic E-state index is 0.146. The molecule has 0 fully saturated rings. The molecule has 0 saturated heterocycles. The maximum absolute atomic E-state index is 12.0. The van der Waals surface area contributed by atoms with Crippen LogP contribution in [0.15, 0.2) is 18.2 Å². The van der Waals surface area contributed by atoms with Gasteiger partial charge in [0.15, 0.2) is 0 Å². The molecule has 0 saturated carbocycles. The lowest BCUT2D eigenvalue weighted by Gasteiger charge is -2.09. The van der Waals surface area contributed by atoms with E-state index < -0.39 is 5.97 Å². The monoisotopic (exact) mass is 405 g/mol. The van der Waals surface area contributed by atoms with Crippen molar-refractivity contribution in [2.24, 2.45) is 0 Å². The molecule has 3 N–H and O–H groups in total. The van der Waals surface area contributed by atoms with Crippen molar-refractivity contribution in [3.05, 3.63) is 23.8 Å². The second-order valence-electron chi connectivity index (χ2n) is 7.90. The smallest absolute Gasteiger partial charge is 0.341 e. The lowest BCUT2D eigenvalue weighted by molar-refractivity contribution is -0.116. The van der Waals surface area contributed by atoms with Crippen molar-refractivity contribution in [2.75, 3.05) is 5.32 Å². The summed E-state index contributed by atoms with van der Waals surface area (Å²) in [5.41, 5.74) is -0.116. The van der Waals surface area contributed by atoms with E-state index in [9.17, 15) is 14.7 Å². The molecule has 5 heteroatoms. The van der Waals surface area contributed by atoms with E-state index in [0.717, 1.165) is 19.3 Å². The lowest BCUT2D eigenvalue weighted by atomic mass is 10.0. The zero-order valence-electron chi connectivity index (χ0n) is 18.0. The molecule has 0 heterocycles. The molecule has 0 aliphatic rings. The van der Waals surface area contributed by atoms with E-state index in [-0.39, 0.29) is 22.9 Å². The van der Waals surface area contributed by atoms with Gasteiger partial charge < -0.3 is 15.5 Å². The summed E-state index contributed by atoms with van der Waals surface area (Å²) in [6, 6.07) is 4.31. The standard InChI is InChI=1S/C24H39NO4/c1-2-3-4-5-6-7-8-9-10-11-12-13-14-15-19-22(27)25-20-17-16-18-21(26)23(20)24(28)29/h16-18,26H,2-15,19H2,1H3,(H,25,27)(H,28,29). The molecule has 29 heavy (non-hydrogen) atoms. The fourth-order valence-corrected chi connectivity index (χ4v) is 3.56. The number of amides is 1. The van der Waals surface area contributed by atoms with E-state index in [2.05, 4.69) is 12.2 Å². The van der Waals surface area contributed by atoms with Gasteiger partial charge in [0.2, 0.25) is 5.91 Å². The SMILES string of the molecule is CCCCCCCCCCCCCCCCC(=O)Nc1cccc(O)c1C(=O)O. The van der Waals surface area contributed by atoms with Gasteiger partial charge in [-0.05, 0) is 18.6 Å². The molecule has 1 aromatic carbocycles. The molecule has 0 aromatic heterocycles. The molecule has 0 aliphatic heterocycles. The second kappa shape index (κ2) is 15.8. The summed E-state index contributed by atoms with van der Waals surface area (Å²) >= 11 is 0. The highest BCUT2D eigenvalue weighted by Gasteiger charge is 2.16. The molecule has 0 unspecified atom stereocenters. The predicted molar refractivity (Wildman–Crippen MR) is 119 cm³/mol. The van der Waals surface area contributed by atoms with Crippen LogP contribution in [0, 0.1) is 0 Å². The van der Waals surface area contributed by atoms with Crippen LogP contribution in [0.1, 0.15) is 114 Å². The number of anilines is 1. The Kier molecular flexibility index (Phi) is 13.6. The number of aromatic carboxylic acids is 1. The number of hydrogen-bond acceptors (Lipinski definition) is 3. The van der Waals surface area contributed by atoms with Crippen LogP contribution in [0.25, 0.3) is 0 Å². The summed E-state index contributed by atoms with van der Waals surface area (Å²) in [6.07, 6.45) is 18.0. The summed E-state index contributed by atoms with van der Waals surface area (Å²) in [7, 11) is 0. The van der Waals surface area contributed by atoms with Gasteiger partial charge in [0.05, 0.1) is 5.69 Å². The van der Waals surface area contributed by atoms with Crippen molar-refractivity contribution in [1.82, 2.24) is 0 Å². The van der Waals surface area contributed by atoms with Crippen molar-refractivity contribution < 1.29 is 19.8 Å². The third kappa shape index (κ3) is 11.5. The molecule has 0 aliphatic carbocycles. The number of carbonyl (C=O) groups excluding carboxylic acids is 1. The number of carboxylic acids is 1. The van der Waals surface area contributed by atoms with E-state index in [1.54, 1.807) is 0 Å². The molecule has 0 atom stereocenters. The van der Waals surface area contributed by atoms with Crippen LogP contribution in [0.4, 0.5) is 5.69 Å². The van der Waals surface area contributed by atoms with Gasteiger partial charge in [0.25, 0.3) is 0 Å². The Labute approximate surface area is 175 Å². The quantitative estimate of drug-likeness (QED) is 0.246. The summed E-state index contributed by atoms with van der Waals surface area (Å²) < 4.78 is 0. The molecule has 0 radical (unpaired) electrons. The van der Waals surface area contributed by atoms with Crippen molar-refractivity contribution in [2.45, 2.75) is 103 Å². The summed E-state index contributed by atoms with van der Waals surface area (Å²) in [5.74, 6) is -1.81. The summed E-state index contributed by atoms with van der Waals surface area (Å²) in [6.45, 7) is 2.25. The predicted octanol–water partition coefficient (Wildman–Crippen LogP) is 6.90. The van der Waals surface area contributed by atoms with Crippen LogP contribution < -0.4 is 5.32 Å². The molecular weight excluding hydrogens is 366 g/mol. The molecule has 1 rings (SSSR count). The number of rotatable bonds is 17. The average molecular weight is 406 g/mol. The first-order valence-electron chi connectivity index (χ1n) is 11.4. The highest BCUT2D eigenvalue weighted by Crippen LogP contribution is 2.25. The fraction of sp³-hybridized carbons (Fsp3) is 0.667. The van der Waals surface area contributed by atoms with E-state index in [4.69, 9.17) is 5.11 Å². The average Bonchev–Trinajstić information content (AvgIpc) is 2.68. The van der Waals surface area contributed by atoms with E-state index in [1.807, 2.05) is 0 Å². The highest BCUT2D eigenvalue weighted by molar-refractivity contribution is 6.02. The van der Waals surface area contributed by atoms with Crippen molar-refractivity contribution in [1.29, 1.82) is 0 Å². The minimum Gasteiger partial charge on any atom is -0.507 e. The van der Waals surface area contributed by atoms with E-state index in [1.165, 1.54) is 88.8 Å². The second-order valence-corrected chi connectivity index (χ2v) is 7.90. The third-order valence-corrected chi connectivity index (χ3v) is 5.29. The van der Waals surface area contributed by atoms with E-state index >= 15 is 0 Å². The van der Waals surface area contributed by atoms with Gasteiger partial charge in [-0.1, -0.05) is 96.5 Å². The number of unbranched alkanes of at least 4 members (excludes halogenated alkanes) is 13. The van der Waals surface area contributed by atoms with Crippen LogP contribution >= 0.6 is 0 Å². The fourth-order valence-electron chi connectivity index (χ4n) is 3.56. The van der Waals surface area contributed by atoms with Gasteiger partial charge in [-0.25, -0.2) is 4.79 Å². The van der Waals surface area contributed by atoms with Crippen molar-refractivity contribution in [3.63, 3.8) is 0 Å². The Balaban J connectivity index is 2.01. The zero-order valence-corrected chi connectivity index (χ0v) is 18.0. The highest BCUT2D eigenvalue weighted by atomic mass is 16.4. The Bertz CT molecular complexity index is 601. The van der Waals surface area contributed by atoms with Crippen LogP contribution in [0.3, 0.4) is 0 Å². The van der Waals surface area contributed by atoms with Crippen LogP contribution in [-0.2, 0) is 4.79 Å². The summed E-state index contributed by atoms with van der Waals surface area (Å²) in [5, 5.41) is 21.4. The van der Waals surface area contributed by atoms with Gasteiger partial charge in [0.1, 0.15) is 11.3 Å². The van der Waals surface area contributed by atoms with Crippen LogP contribution in [0.5, 0.6) is 5.75 Å². The van der Waals surface area contributed by atoms with Gasteiger partial charge in [-0.15, -0.1) is 0 Å². The number of carboxylic acid groups (broad SMARTS) is 1. The third-order valence-electron chi connectivity index (χ3n) is 5.29. The van der Waals surface area contributed by atoms with Gasteiger partial charge in [-0.2, -0.15) is 0 Å². The maximum Gasteiger partial charge on any atom is 0.341 e. The number of phenols is 1. The minimum atomic E-state index is -1.25. The number of carbonyl (C=O) groups is 2. The number of benzene rings is 1.